The molecule has 1 aromatic heterocycles. The SMILES string of the molecule is CC(C)Oc1ccc(NC(=O)C(NC(=O)c2cccs2)C(C)C)cc1Cl. The van der Waals surface area contributed by atoms with E-state index in [-0.39, 0.29) is 23.8 Å². The molecule has 26 heavy (non-hydrogen) atoms. The highest BCUT2D eigenvalue weighted by Gasteiger charge is 2.25. The molecule has 0 spiro atoms. The Kier molecular flexibility index (Phi) is 7.06. The van der Waals surface area contributed by atoms with Crippen molar-refractivity contribution in [2.75, 3.05) is 5.32 Å². The molecule has 1 unspecified atom stereocenters. The number of nitrogens with one attached hydrogen (secondary N) is 2. The molecule has 2 N–H and O–H groups in total. The normalized spacial score (nSPS) is 12.1. The van der Waals surface area contributed by atoms with Crippen LogP contribution in [0.5, 0.6) is 5.75 Å². The molecular formula is C19H23ClN2O3S. The van der Waals surface area contributed by atoms with Crippen LogP contribution in [0.15, 0.2) is 35.7 Å². The van der Waals surface area contributed by atoms with Crippen LogP contribution >= 0.6 is 22.9 Å². The van der Waals surface area contributed by atoms with Crippen LogP contribution in [-0.4, -0.2) is 24.0 Å². The summed E-state index contributed by atoms with van der Waals surface area (Å²) in [5.74, 6) is -0.0601. The van der Waals surface area contributed by atoms with Gasteiger partial charge in [0.05, 0.1) is 16.0 Å². The summed E-state index contributed by atoms with van der Waals surface area (Å²) in [6.45, 7) is 7.59. The van der Waals surface area contributed by atoms with Crippen LogP contribution in [0.3, 0.4) is 0 Å². The monoisotopic (exact) mass is 394 g/mol. The number of amides is 2. The lowest BCUT2D eigenvalue weighted by Gasteiger charge is -2.21. The molecule has 0 aliphatic carbocycles. The zero-order chi connectivity index (χ0) is 19.3. The number of hydrogen-bond donors (Lipinski definition) is 2. The van der Waals surface area contributed by atoms with Gasteiger partial charge >= 0.3 is 0 Å². The number of carbonyl (C=O) groups excluding carboxylic acids is 2. The Labute approximate surface area is 162 Å². The van der Waals surface area contributed by atoms with Crippen LogP contribution in [0.25, 0.3) is 0 Å². The number of thiophene rings is 1. The highest BCUT2D eigenvalue weighted by molar-refractivity contribution is 7.12. The molecule has 0 fully saturated rings. The van der Waals surface area contributed by atoms with Gasteiger partial charge in [-0.2, -0.15) is 0 Å². The van der Waals surface area contributed by atoms with Gasteiger partial charge in [-0.15, -0.1) is 11.3 Å². The zero-order valence-corrected chi connectivity index (χ0v) is 16.8. The molecule has 2 aromatic rings. The fraction of sp³-hybridized carbons (Fsp3) is 0.368. The maximum absolute atomic E-state index is 12.6. The second-order valence-corrected chi connectivity index (χ2v) is 7.83. The van der Waals surface area contributed by atoms with Gasteiger partial charge in [0.25, 0.3) is 5.91 Å². The maximum Gasteiger partial charge on any atom is 0.262 e. The fourth-order valence-corrected chi connectivity index (χ4v) is 3.16. The van der Waals surface area contributed by atoms with Gasteiger partial charge in [0.1, 0.15) is 11.8 Å². The van der Waals surface area contributed by atoms with Crippen molar-refractivity contribution in [3.05, 3.63) is 45.6 Å². The van der Waals surface area contributed by atoms with Crippen molar-refractivity contribution >= 4 is 40.4 Å². The number of hydrogen-bond acceptors (Lipinski definition) is 4. The number of halogens is 1. The van der Waals surface area contributed by atoms with Gasteiger partial charge in [0.2, 0.25) is 5.91 Å². The minimum atomic E-state index is -0.657. The van der Waals surface area contributed by atoms with Gasteiger partial charge < -0.3 is 15.4 Å². The molecule has 1 atom stereocenters. The Bertz CT molecular complexity index is 760. The molecule has 0 saturated carbocycles. The molecule has 2 amide bonds. The van der Waals surface area contributed by atoms with Gasteiger partial charge in [-0.25, -0.2) is 0 Å². The molecule has 5 nitrogen and oxygen atoms in total. The van der Waals surface area contributed by atoms with E-state index in [1.807, 2.05) is 33.1 Å². The summed E-state index contributed by atoms with van der Waals surface area (Å²) in [5.41, 5.74) is 0.548. The van der Waals surface area contributed by atoms with Crippen molar-refractivity contribution < 1.29 is 14.3 Å². The molecule has 0 aliphatic rings. The second-order valence-electron chi connectivity index (χ2n) is 6.47. The lowest BCUT2D eigenvalue weighted by atomic mass is 10.0. The van der Waals surface area contributed by atoms with Crippen molar-refractivity contribution in [1.82, 2.24) is 5.32 Å². The third-order valence-corrected chi connectivity index (χ3v) is 4.71. The average Bonchev–Trinajstić information content (AvgIpc) is 3.08. The number of carbonyl (C=O) groups is 2. The Hall–Kier alpha value is -2.05. The van der Waals surface area contributed by atoms with Crippen molar-refractivity contribution in [3.8, 4) is 5.75 Å². The first-order valence-electron chi connectivity index (χ1n) is 8.39. The van der Waals surface area contributed by atoms with Crippen LogP contribution in [0.4, 0.5) is 5.69 Å². The predicted molar refractivity (Wildman–Crippen MR) is 106 cm³/mol. The standard InChI is InChI=1S/C19H23ClN2O3S/c1-11(2)17(22-18(23)16-6-5-9-26-16)19(24)21-13-7-8-15(14(20)10-13)25-12(3)4/h5-12,17H,1-4H3,(H,21,24)(H,22,23). The van der Waals surface area contributed by atoms with E-state index in [1.54, 1.807) is 30.3 Å². The summed E-state index contributed by atoms with van der Waals surface area (Å²) in [7, 11) is 0. The highest BCUT2D eigenvalue weighted by atomic mass is 35.5. The first kappa shape index (κ1) is 20.3. The van der Waals surface area contributed by atoms with E-state index in [4.69, 9.17) is 16.3 Å². The average molecular weight is 395 g/mol. The van der Waals surface area contributed by atoms with E-state index in [1.165, 1.54) is 11.3 Å². The molecule has 140 valence electrons. The van der Waals surface area contributed by atoms with Crippen molar-refractivity contribution in [3.63, 3.8) is 0 Å². The van der Waals surface area contributed by atoms with Crippen LogP contribution in [0, 0.1) is 5.92 Å². The van der Waals surface area contributed by atoms with Gasteiger partial charge in [-0.1, -0.05) is 31.5 Å². The second kappa shape index (κ2) is 9.05. The van der Waals surface area contributed by atoms with Gasteiger partial charge in [0, 0.05) is 5.69 Å². The number of benzene rings is 1. The van der Waals surface area contributed by atoms with Gasteiger partial charge in [-0.3, -0.25) is 9.59 Å². The lowest BCUT2D eigenvalue weighted by molar-refractivity contribution is -0.118. The third kappa shape index (κ3) is 5.47. The predicted octanol–water partition coefficient (Wildman–Crippen LogP) is 4.58. The summed E-state index contributed by atoms with van der Waals surface area (Å²) in [5, 5.41) is 7.84. The first-order chi connectivity index (χ1) is 12.3. The Morgan fingerprint density at radius 2 is 1.88 bits per heavy atom. The van der Waals surface area contributed by atoms with E-state index in [0.29, 0.717) is 21.3 Å². The van der Waals surface area contributed by atoms with E-state index in [2.05, 4.69) is 10.6 Å². The van der Waals surface area contributed by atoms with Gasteiger partial charge in [0.15, 0.2) is 0 Å². The molecule has 1 heterocycles. The van der Waals surface area contributed by atoms with E-state index >= 15 is 0 Å². The number of ether oxygens (including phenoxy) is 1. The summed E-state index contributed by atoms with van der Waals surface area (Å²) < 4.78 is 5.58. The molecule has 0 bridgehead atoms. The van der Waals surface area contributed by atoms with E-state index < -0.39 is 6.04 Å². The molecule has 0 aliphatic heterocycles. The smallest absolute Gasteiger partial charge is 0.262 e. The molecular weight excluding hydrogens is 372 g/mol. The summed E-state index contributed by atoms with van der Waals surface area (Å²) in [6, 6.07) is 7.94. The first-order valence-corrected chi connectivity index (χ1v) is 9.65. The maximum atomic E-state index is 12.6. The fourth-order valence-electron chi connectivity index (χ4n) is 2.30. The minimum absolute atomic E-state index is 0.00530. The summed E-state index contributed by atoms with van der Waals surface area (Å²) >= 11 is 7.54. The Morgan fingerprint density at radius 1 is 1.15 bits per heavy atom. The number of anilines is 1. The minimum Gasteiger partial charge on any atom is -0.489 e. The van der Waals surface area contributed by atoms with Crippen LogP contribution < -0.4 is 15.4 Å². The van der Waals surface area contributed by atoms with Crippen molar-refractivity contribution in [2.24, 2.45) is 5.92 Å². The molecule has 7 heteroatoms. The van der Waals surface area contributed by atoms with Crippen molar-refractivity contribution in [2.45, 2.75) is 39.8 Å². The molecule has 0 radical (unpaired) electrons. The number of rotatable bonds is 7. The highest BCUT2D eigenvalue weighted by Crippen LogP contribution is 2.28. The van der Waals surface area contributed by atoms with Crippen LogP contribution in [-0.2, 0) is 4.79 Å². The van der Waals surface area contributed by atoms with Crippen molar-refractivity contribution in [1.29, 1.82) is 0 Å². The van der Waals surface area contributed by atoms with E-state index in [9.17, 15) is 9.59 Å². The zero-order valence-electron chi connectivity index (χ0n) is 15.2. The quantitative estimate of drug-likeness (QED) is 0.722. The van der Waals surface area contributed by atoms with Crippen LogP contribution in [0.2, 0.25) is 5.02 Å². The molecule has 2 rings (SSSR count). The lowest BCUT2D eigenvalue weighted by Crippen LogP contribution is -2.46. The topological polar surface area (TPSA) is 67.4 Å². The Morgan fingerprint density at radius 3 is 2.42 bits per heavy atom. The van der Waals surface area contributed by atoms with E-state index in [0.717, 1.165) is 0 Å². The van der Waals surface area contributed by atoms with Gasteiger partial charge in [-0.05, 0) is 49.4 Å². The molecule has 1 aromatic carbocycles. The largest absolute Gasteiger partial charge is 0.489 e. The molecule has 0 saturated heterocycles. The summed E-state index contributed by atoms with van der Waals surface area (Å²) in [6.07, 6.45) is 0.00530. The van der Waals surface area contributed by atoms with Crippen LogP contribution in [0.1, 0.15) is 37.4 Å². The summed E-state index contributed by atoms with van der Waals surface area (Å²) in [4.78, 5) is 25.5. The Balaban J connectivity index is 2.07. The third-order valence-electron chi connectivity index (χ3n) is 3.54.